The number of aromatic carboxylic acids is 1. The maximum Gasteiger partial charge on any atom is 0.357 e. The van der Waals surface area contributed by atoms with Crippen molar-refractivity contribution in [2.24, 2.45) is 0 Å². The number of benzene rings is 1. The summed E-state index contributed by atoms with van der Waals surface area (Å²) < 4.78 is 3.44. The first-order chi connectivity index (χ1) is 9.32. The molecule has 1 aromatic carbocycles. The van der Waals surface area contributed by atoms with Crippen molar-refractivity contribution in [3.63, 3.8) is 0 Å². The summed E-state index contributed by atoms with van der Waals surface area (Å²) in [6.45, 7) is 6.06. The number of nitrogens with zero attached hydrogens (tertiary/aromatic N) is 2. The van der Waals surface area contributed by atoms with Gasteiger partial charge in [0, 0.05) is 4.47 Å². The summed E-state index contributed by atoms with van der Waals surface area (Å²) in [5.41, 5.74) is 2.98. The molecule has 0 aliphatic heterocycles. The summed E-state index contributed by atoms with van der Waals surface area (Å²) in [5, 5.41) is 13.5. The first-order valence-corrected chi connectivity index (χ1v) is 7.98. The third-order valence-electron chi connectivity index (χ3n) is 3.00. The van der Waals surface area contributed by atoms with Crippen LogP contribution in [0.2, 0.25) is 0 Å². The molecule has 0 radical (unpaired) electrons. The van der Waals surface area contributed by atoms with Crippen molar-refractivity contribution in [2.45, 2.75) is 26.7 Å². The molecule has 1 aromatic heterocycles. The van der Waals surface area contributed by atoms with Gasteiger partial charge in [0.25, 0.3) is 0 Å². The average molecular weight is 449 g/mol. The van der Waals surface area contributed by atoms with Gasteiger partial charge in [-0.25, -0.2) is 9.48 Å². The molecule has 0 aliphatic rings. The molecule has 2 aromatic rings. The molecule has 0 unspecified atom stereocenters. The van der Waals surface area contributed by atoms with Crippen LogP contribution in [0.25, 0.3) is 5.69 Å². The van der Waals surface area contributed by atoms with Crippen LogP contribution >= 0.6 is 38.5 Å². The number of carboxylic acid groups (broad SMARTS) is 1. The molecule has 2 rings (SSSR count). The van der Waals surface area contributed by atoms with E-state index in [4.69, 9.17) is 0 Å². The van der Waals surface area contributed by atoms with Crippen LogP contribution in [0.1, 0.15) is 41.5 Å². The van der Waals surface area contributed by atoms with Crippen molar-refractivity contribution in [2.75, 3.05) is 0 Å². The second-order valence-electron chi connectivity index (χ2n) is 4.85. The van der Waals surface area contributed by atoms with Crippen molar-refractivity contribution >= 4 is 44.5 Å². The predicted octanol–water partition coefficient (Wildman–Crippen LogP) is 4.37. The zero-order chi connectivity index (χ0) is 15.0. The topological polar surface area (TPSA) is 55.1 Å². The Hall–Kier alpha value is -0.890. The Labute approximate surface area is 139 Å². The number of aromatic nitrogens is 2. The summed E-state index contributed by atoms with van der Waals surface area (Å²) in [7, 11) is 0. The van der Waals surface area contributed by atoms with Crippen LogP contribution in [0.5, 0.6) is 0 Å². The molecule has 106 valence electrons. The Morgan fingerprint density at radius 1 is 1.45 bits per heavy atom. The van der Waals surface area contributed by atoms with E-state index in [0.29, 0.717) is 3.57 Å². The average Bonchev–Trinajstić information content (AvgIpc) is 2.66. The van der Waals surface area contributed by atoms with Crippen LogP contribution in [-0.2, 0) is 0 Å². The highest BCUT2D eigenvalue weighted by Crippen LogP contribution is 2.29. The van der Waals surface area contributed by atoms with Gasteiger partial charge < -0.3 is 5.11 Å². The van der Waals surface area contributed by atoms with Crippen LogP contribution in [0, 0.1) is 10.5 Å². The van der Waals surface area contributed by atoms with Gasteiger partial charge in [0.15, 0.2) is 5.69 Å². The van der Waals surface area contributed by atoms with Gasteiger partial charge in [-0.15, -0.1) is 0 Å². The zero-order valence-electron chi connectivity index (χ0n) is 11.3. The molecular formula is C14H14BrIN2O2. The maximum atomic E-state index is 11.3. The van der Waals surface area contributed by atoms with Crippen molar-refractivity contribution < 1.29 is 9.90 Å². The quantitative estimate of drug-likeness (QED) is 0.709. The van der Waals surface area contributed by atoms with Crippen LogP contribution < -0.4 is 0 Å². The van der Waals surface area contributed by atoms with Gasteiger partial charge in [0.1, 0.15) is 0 Å². The molecule has 1 heterocycles. The van der Waals surface area contributed by atoms with Gasteiger partial charge in [-0.05, 0) is 59.2 Å². The lowest BCUT2D eigenvalue weighted by Crippen LogP contribution is -2.06. The van der Waals surface area contributed by atoms with Gasteiger partial charge in [-0.3, -0.25) is 0 Å². The monoisotopic (exact) mass is 448 g/mol. The lowest BCUT2D eigenvalue weighted by molar-refractivity contribution is 0.0689. The van der Waals surface area contributed by atoms with E-state index < -0.39 is 5.97 Å². The molecule has 0 fully saturated rings. The summed E-state index contributed by atoms with van der Waals surface area (Å²) >= 11 is 5.50. The predicted molar refractivity (Wildman–Crippen MR) is 89.8 cm³/mol. The number of rotatable bonds is 3. The molecule has 1 N–H and O–H groups in total. The van der Waals surface area contributed by atoms with E-state index >= 15 is 0 Å². The second-order valence-corrected chi connectivity index (χ2v) is 6.84. The molecule has 6 heteroatoms. The van der Waals surface area contributed by atoms with Gasteiger partial charge in [0.2, 0.25) is 0 Å². The Bertz CT molecular complexity index is 680. The van der Waals surface area contributed by atoms with Gasteiger partial charge in [-0.1, -0.05) is 29.8 Å². The molecule has 0 atom stereocenters. The standard InChI is InChI=1S/C14H14BrIN2O2/c1-7(2)13-11(16)12(14(19)20)17-18(13)10-5-4-9(15)6-8(10)3/h4-7H,1-3H3,(H,19,20). The third-order valence-corrected chi connectivity index (χ3v) is 4.55. The molecule has 0 amide bonds. The van der Waals surface area contributed by atoms with Crippen molar-refractivity contribution in [1.82, 2.24) is 9.78 Å². The zero-order valence-corrected chi connectivity index (χ0v) is 15.1. The molecule has 0 bridgehead atoms. The lowest BCUT2D eigenvalue weighted by atomic mass is 10.1. The third kappa shape index (κ3) is 2.76. The maximum absolute atomic E-state index is 11.3. The van der Waals surface area contributed by atoms with Crippen LogP contribution in [0.3, 0.4) is 0 Å². The Morgan fingerprint density at radius 2 is 2.10 bits per heavy atom. The number of hydrogen-bond donors (Lipinski definition) is 1. The number of hydrogen-bond acceptors (Lipinski definition) is 2. The summed E-state index contributed by atoms with van der Waals surface area (Å²) in [6, 6.07) is 5.87. The lowest BCUT2D eigenvalue weighted by Gasteiger charge is -2.13. The minimum absolute atomic E-state index is 0.108. The first kappa shape index (κ1) is 15.5. The molecule has 0 saturated heterocycles. The van der Waals surface area contributed by atoms with Gasteiger partial charge in [0.05, 0.1) is 15.0 Å². The highest BCUT2D eigenvalue weighted by atomic mass is 127. The van der Waals surface area contributed by atoms with Crippen LogP contribution in [-0.4, -0.2) is 20.9 Å². The molecule has 0 saturated carbocycles. The highest BCUT2D eigenvalue weighted by molar-refractivity contribution is 14.1. The summed E-state index contributed by atoms with van der Waals surface area (Å²) in [5.74, 6) is -0.810. The second kappa shape index (κ2) is 5.85. The van der Waals surface area contributed by atoms with E-state index in [-0.39, 0.29) is 11.6 Å². The van der Waals surface area contributed by atoms with Gasteiger partial charge in [-0.2, -0.15) is 5.10 Å². The molecule has 20 heavy (non-hydrogen) atoms. The Balaban J connectivity index is 2.73. The van der Waals surface area contributed by atoms with E-state index in [9.17, 15) is 9.90 Å². The SMILES string of the molecule is Cc1cc(Br)ccc1-n1nc(C(=O)O)c(I)c1C(C)C. The molecule has 0 spiro atoms. The fourth-order valence-electron chi connectivity index (χ4n) is 2.09. The first-order valence-electron chi connectivity index (χ1n) is 6.11. The molecular weight excluding hydrogens is 435 g/mol. The Kier molecular flexibility index (Phi) is 4.53. The minimum Gasteiger partial charge on any atom is -0.476 e. The van der Waals surface area contributed by atoms with Gasteiger partial charge >= 0.3 is 5.97 Å². The van der Waals surface area contributed by atoms with E-state index in [1.165, 1.54) is 0 Å². The van der Waals surface area contributed by atoms with Crippen LogP contribution in [0.4, 0.5) is 0 Å². The fraction of sp³-hybridized carbons (Fsp3) is 0.286. The number of aryl methyl sites for hydroxylation is 1. The van der Waals surface area contributed by atoms with E-state index in [0.717, 1.165) is 21.4 Å². The van der Waals surface area contributed by atoms with Crippen molar-refractivity contribution in [1.29, 1.82) is 0 Å². The van der Waals surface area contributed by atoms with Crippen molar-refractivity contribution in [3.05, 3.63) is 43.2 Å². The Morgan fingerprint density at radius 3 is 2.60 bits per heavy atom. The fourth-order valence-corrected chi connectivity index (χ4v) is 3.75. The summed E-state index contributed by atoms with van der Waals surface area (Å²) in [6.07, 6.45) is 0. The molecule has 0 aliphatic carbocycles. The summed E-state index contributed by atoms with van der Waals surface area (Å²) in [4.78, 5) is 11.3. The number of carboxylic acids is 1. The van der Waals surface area contributed by atoms with E-state index in [1.54, 1.807) is 4.68 Å². The smallest absolute Gasteiger partial charge is 0.357 e. The normalized spacial score (nSPS) is 11.1. The van der Waals surface area contributed by atoms with Crippen molar-refractivity contribution in [3.8, 4) is 5.69 Å². The minimum atomic E-state index is -0.996. The largest absolute Gasteiger partial charge is 0.476 e. The van der Waals surface area contributed by atoms with Crippen LogP contribution in [0.15, 0.2) is 22.7 Å². The van der Waals surface area contributed by atoms with E-state index in [1.807, 2.05) is 39.0 Å². The highest BCUT2D eigenvalue weighted by Gasteiger charge is 2.23. The number of carbonyl (C=O) groups is 1. The number of halogens is 2. The molecule has 4 nitrogen and oxygen atoms in total. The van der Waals surface area contributed by atoms with E-state index in [2.05, 4.69) is 43.6 Å².